The van der Waals surface area contributed by atoms with Crippen LogP contribution in [0.25, 0.3) is 0 Å². The fraction of sp³-hybridized carbons (Fsp3) is 0.913. The molecule has 1 heterocycles. The first-order valence-electron chi connectivity index (χ1n) is 12.8. The van der Waals surface area contributed by atoms with E-state index in [0.29, 0.717) is 6.54 Å². The molecule has 1 rings (SSSR count). The van der Waals surface area contributed by atoms with E-state index in [0.717, 1.165) is 36.9 Å². The SMILES string of the molecule is CCCCCCCCCNC(=O)N(C)/N=C/[C@H](O)[C@@H](O)[C@H](O[C@H]1O[C@H](CO)[C@@H](O)[C@H](O)[C@H]1O)[C@H](O)CO. The van der Waals surface area contributed by atoms with Crippen LogP contribution in [0.1, 0.15) is 51.9 Å². The number of aliphatic hydroxyl groups excluding tert-OH is 8. The summed E-state index contributed by atoms with van der Waals surface area (Å²) in [7, 11) is 1.33. The van der Waals surface area contributed by atoms with Gasteiger partial charge in [-0.15, -0.1) is 0 Å². The van der Waals surface area contributed by atoms with Gasteiger partial charge in [0.1, 0.15) is 48.8 Å². The third-order valence-electron chi connectivity index (χ3n) is 6.14. The van der Waals surface area contributed by atoms with Crippen LogP contribution in [0.4, 0.5) is 4.79 Å². The van der Waals surface area contributed by atoms with E-state index < -0.39 is 74.4 Å². The zero-order valence-electron chi connectivity index (χ0n) is 21.5. The summed E-state index contributed by atoms with van der Waals surface area (Å²) in [6.07, 6.45) is -7.07. The second-order valence-corrected chi connectivity index (χ2v) is 9.17. The summed E-state index contributed by atoms with van der Waals surface area (Å²) in [5.74, 6) is 0. The van der Waals surface area contributed by atoms with Crippen molar-refractivity contribution in [1.29, 1.82) is 0 Å². The van der Waals surface area contributed by atoms with Gasteiger partial charge in [0.2, 0.25) is 0 Å². The number of urea groups is 1. The number of nitrogens with zero attached hydrogens (tertiary/aromatic N) is 2. The molecule has 0 spiro atoms. The second-order valence-electron chi connectivity index (χ2n) is 9.17. The van der Waals surface area contributed by atoms with Crippen molar-refractivity contribution >= 4 is 12.2 Å². The lowest BCUT2D eigenvalue weighted by Gasteiger charge is -2.42. The molecule has 0 bridgehead atoms. The standard InChI is InChI=1S/C23H45N3O11/c1-3-4-5-6-7-8-9-10-24-23(35)26(2)25-11-14(29)17(31)21(15(30)12-27)37-22-20(34)19(33)18(32)16(13-28)36-22/h11,14-22,27-34H,3-10,12-13H2,1-2H3,(H,24,35)/b25-11+/t14-,15+,16+,17+,18+,19-,20+,21+,22+/m0/s1. The van der Waals surface area contributed by atoms with Gasteiger partial charge < -0.3 is 55.6 Å². The minimum Gasteiger partial charge on any atom is -0.394 e. The van der Waals surface area contributed by atoms with Crippen molar-refractivity contribution in [2.45, 2.75) is 107 Å². The van der Waals surface area contributed by atoms with Gasteiger partial charge in [0, 0.05) is 13.6 Å². The van der Waals surface area contributed by atoms with Crippen LogP contribution < -0.4 is 5.32 Å². The molecule has 0 aromatic rings. The van der Waals surface area contributed by atoms with E-state index in [9.17, 15) is 45.6 Å². The molecule has 0 radical (unpaired) electrons. The van der Waals surface area contributed by atoms with Crippen molar-refractivity contribution in [2.24, 2.45) is 5.10 Å². The number of hydrazone groups is 1. The molecule has 0 aliphatic carbocycles. The number of aliphatic hydroxyl groups is 8. The Hall–Kier alpha value is -1.46. The Balaban J connectivity index is 2.63. The molecule has 1 fully saturated rings. The number of amides is 2. The molecular formula is C23H45N3O11. The molecule has 9 atom stereocenters. The molecule has 0 unspecified atom stereocenters. The first-order chi connectivity index (χ1) is 17.6. The maximum atomic E-state index is 12.2. The van der Waals surface area contributed by atoms with Crippen LogP contribution in [0, 0.1) is 0 Å². The molecule has 1 aliphatic heterocycles. The van der Waals surface area contributed by atoms with Gasteiger partial charge in [-0.25, -0.2) is 9.80 Å². The summed E-state index contributed by atoms with van der Waals surface area (Å²) in [5.41, 5.74) is 0. The number of rotatable bonds is 17. The monoisotopic (exact) mass is 539 g/mol. The number of ether oxygens (including phenoxy) is 2. The molecule has 0 saturated carbocycles. The number of unbranched alkanes of at least 4 members (excludes halogenated alkanes) is 6. The Morgan fingerprint density at radius 2 is 1.65 bits per heavy atom. The van der Waals surface area contributed by atoms with E-state index in [4.69, 9.17) is 9.47 Å². The van der Waals surface area contributed by atoms with E-state index in [2.05, 4.69) is 17.3 Å². The third kappa shape index (κ3) is 11.0. The number of carbonyl (C=O) groups is 1. The van der Waals surface area contributed by atoms with Crippen molar-refractivity contribution in [3.63, 3.8) is 0 Å². The maximum absolute atomic E-state index is 12.2. The van der Waals surface area contributed by atoms with E-state index in [1.165, 1.54) is 26.3 Å². The number of carbonyl (C=O) groups excluding carboxylic acids is 1. The van der Waals surface area contributed by atoms with Crippen molar-refractivity contribution in [3.8, 4) is 0 Å². The lowest BCUT2D eigenvalue weighted by Crippen LogP contribution is -2.61. The van der Waals surface area contributed by atoms with Crippen LogP contribution in [-0.2, 0) is 9.47 Å². The van der Waals surface area contributed by atoms with E-state index in [-0.39, 0.29) is 0 Å². The van der Waals surface area contributed by atoms with E-state index in [1.807, 2.05) is 0 Å². The quantitative estimate of drug-likeness (QED) is 0.0539. The van der Waals surface area contributed by atoms with Crippen LogP contribution in [0.2, 0.25) is 0 Å². The number of nitrogens with one attached hydrogen (secondary N) is 1. The Morgan fingerprint density at radius 3 is 2.24 bits per heavy atom. The summed E-state index contributed by atoms with van der Waals surface area (Å²) < 4.78 is 10.5. The molecule has 218 valence electrons. The Labute approximate surface area is 217 Å². The largest absolute Gasteiger partial charge is 0.394 e. The van der Waals surface area contributed by atoms with Gasteiger partial charge in [-0.2, -0.15) is 5.10 Å². The first-order valence-corrected chi connectivity index (χ1v) is 12.8. The average molecular weight is 540 g/mol. The predicted molar refractivity (Wildman–Crippen MR) is 131 cm³/mol. The summed E-state index contributed by atoms with van der Waals surface area (Å²) in [4.78, 5) is 12.2. The molecule has 1 aliphatic rings. The Kier molecular flexibility index (Phi) is 16.3. The average Bonchev–Trinajstić information content (AvgIpc) is 2.90. The van der Waals surface area contributed by atoms with Crippen LogP contribution in [-0.4, -0.2) is 140 Å². The highest BCUT2D eigenvalue weighted by atomic mass is 16.7. The molecule has 1 saturated heterocycles. The highest BCUT2D eigenvalue weighted by molar-refractivity contribution is 5.75. The van der Waals surface area contributed by atoms with E-state index >= 15 is 0 Å². The lowest BCUT2D eigenvalue weighted by molar-refractivity contribution is -0.326. The van der Waals surface area contributed by atoms with Crippen molar-refractivity contribution in [2.75, 3.05) is 26.8 Å². The molecule has 0 aromatic heterocycles. The molecular weight excluding hydrogens is 494 g/mol. The summed E-state index contributed by atoms with van der Waals surface area (Å²) in [6, 6.07) is -0.534. The highest BCUT2D eigenvalue weighted by Crippen LogP contribution is 2.24. The van der Waals surface area contributed by atoms with Gasteiger partial charge >= 0.3 is 6.03 Å². The predicted octanol–water partition coefficient (Wildman–Crippen LogP) is -2.38. The van der Waals surface area contributed by atoms with Crippen LogP contribution >= 0.6 is 0 Å². The summed E-state index contributed by atoms with van der Waals surface area (Å²) in [6.45, 7) is 0.964. The van der Waals surface area contributed by atoms with Gasteiger partial charge in [-0.1, -0.05) is 45.4 Å². The smallest absolute Gasteiger partial charge is 0.337 e. The second kappa shape index (κ2) is 17.9. The van der Waals surface area contributed by atoms with Gasteiger partial charge in [0.15, 0.2) is 6.29 Å². The fourth-order valence-corrected chi connectivity index (χ4v) is 3.73. The maximum Gasteiger partial charge on any atom is 0.337 e. The minimum absolute atomic E-state index is 0.454. The molecule has 2 amide bonds. The van der Waals surface area contributed by atoms with Gasteiger partial charge in [0.25, 0.3) is 0 Å². The topological polar surface area (TPSA) is 225 Å². The Bertz CT molecular complexity index is 657. The van der Waals surface area contributed by atoms with Crippen molar-refractivity contribution in [1.82, 2.24) is 10.3 Å². The first kappa shape index (κ1) is 33.6. The van der Waals surface area contributed by atoms with Crippen molar-refractivity contribution in [3.05, 3.63) is 0 Å². The highest BCUT2D eigenvalue weighted by Gasteiger charge is 2.46. The van der Waals surface area contributed by atoms with Crippen LogP contribution in [0.5, 0.6) is 0 Å². The van der Waals surface area contributed by atoms with E-state index in [1.54, 1.807) is 0 Å². The lowest BCUT2D eigenvalue weighted by atomic mass is 9.98. The third-order valence-corrected chi connectivity index (χ3v) is 6.14. The summed E-state index contributed by atoms with van der Waals surface area (Å²) >= 11 is 0. The summed E-state index contributed by atoms with van der Waals surface area (Å²) in [5, 5.41) is 86.8. The van der Waals surface area contributed by atoms with Crippen LogP contribution in [0.15, 0.2) is 5.10 Å². The fourth-order valence-electron chi connectivity index (χ4n) is 3.73. The molecule has 14 heteroatoms. The zero-order chi connectivity index (χ0) is 28.0. The van der Waals surface area contributed by atoms with Crippen LogP contribution in [0.3, 0.4) is 0 Å². The molecule has 14 nitrogen and oxygen atoms in total. The Morgan fingerprint density at radius 1 is 1.03 bits per heavy atom. The zero-order valence-corrected chi connectivity index (χ0v) is 21.5. The molecule has 37 heavy (non-hydrogen) atoms. The van der Waals surface area contributed by atoms with Gasteiger partial charge in [0.05, 0.1) is 19.4 Å². The molecule has 9 N–H and O–H groups in total. The number of hydrogen-bond acceptors (Lipinski definition) is 12. The molecule has 0 aromatic carbocycles. The van der Waals surface area contributed by atoms with Gasteiger partial charge in [-0.3, -0.25) is 0 Å². The number of hydrogen-bond donors (Lipinski definition) is 9. The minimum atomic E-state index is -1.93. The van der Waals surface area contributed by atoms with Crippen molar-refractivity contribution < 1.29 is 55.1 Å². The normalized spacial score (nSPS) is 27.6. The van der Waals surface area contributed by atoms with Gasteiger partial charge in [-0.05, 0) is 6.42 Å².